The first kappa shape index (κ1) is 16.9. The lowest BCUT2D eigenvalue weighted by Gasteiger charge is -2.24. The highest BCUT2D eigenvalue weighted by Gasteiger charge is 2.21. The lowest BCUT2D eigenvalue weighted by atomic mass is 10.2. The van der Waals surface area contributed by atoms with Crippen LogP contribution >= 0.6 is 22.7 Å². The number of carbonyl (C=O) groups is 1. The minimum atomic E-state index is -0.145. The molecule has 0 radical (unpaired) electrons. The predicted octanol–water partition coefficient (Wildman–Crippen LogP) is 4.90. The topological polar surface area (TPSA) is 58.1 Å². The summed E-state index contributed by atoms with van der Waals surface area (Å²) >= 11 is 3.28. The van der Waals surface area contributed by atoms with Crippen LogP contribution < -0.4 is 5.32 Å². The number of carbonyl (C=O) groups excluding carboxylic acids is 1. The van der Waals surface area contributed by atoms with Crippen molar-refractivity contribution in [3.8, 4) is 0 Å². The van der Waals surface area contributed by atoms with E-state index in [4.69, 9.17) is 0 Å². The maximum atomic E-state index is 12.6. The molecule has 2 amide bonds. The summed E-state index contributed by atoms with van der Waals surface area (Å²) in [7, 11) is 1.80. The maximum absolute atomic E-state index is 12.6. The van der Waals surface area contributed by atoms with E-state index in [0.717, 1.165) is 36.5 Å². The van der Waals surface area contributed by atoms with Crippen LogP contribution in [0.2, 0.25) is 0 Å². The van der Waals surface area contributed by atoms with Crippen LogP contribution in [0.4, 0.5) is 10.5 Å². The van der Waals surface area contributed by atoms with Crippen molar-refractivity contribution in [1.82, 2.24) is 14.9 Å². The Morgan fingerprint density at radius 1 is 1.17 bits per heavy atom. The van der Waals surface area contributed by atoms with E-state index < -0.39 is 0 Å². The van der Waals surface area contributed by atoms with Crippen LogP contribution in [0.15, 0.2) is 18.2 Å². The number of hydrogen-bond donors (Lipinski definition) is 1. The molecule has 3 aromatic rings. The van der Waals surface area contributed by atoms with Gasteiger partial charge in [0.25, 0.3) is 0 Å². The van der Waals surface area contributed by atoms with Crippen molar-refractivity contribution < 1.29 is 4.79 Å². The number of nitrogens with zero attached hydrogens (tertiary/aromatic N) is 3. The molecule has 0 spiro atoms. The average molecular weight is 361 g/mol. The van der Waals surface area contributed by atoms with Crippen LogP contribution in [0.1, 0.15) is 33.6 Å². The molecule has 126 valence electrons. The maximum Gasteiger partial charge on any atom is 0.322 e. The Hall–Kier alpha value is -1.99. The quantitative estimate of drug-likeness (QED) is 0.722. The minimum absolute atomic E-state index is 0.0793. The van der Waals surface area contributed by atoms with E-state index in [2.05, 4.69) is 15.3 Å². The zero-order chi connectivity index (χ0) is 17.4. The lowest BCUT2D eigenvalue weighted by molar-refractivity contribution is 0.207. The molecule has 0 aliphatic carbocycles. The normalized spacial score (nSPS) is 12.4. The van der Waals surface area contributed by atoms with Crippen molar-refractivity contribution in [3.05, 3.63) is 38.8 Å². The van der Waals surface area contributed by atoms with Crippen LogP contribution in [0, 0.1) is 20.8 Å². The van der Waals surface area contributed by atoms with Gasteiger partial charge in [0.15, 0.2) is 0 Å². The molecule has 0 saturated carbocycles. The Bertz CT molecular complexity index is 899. The van der Waals surface area contributed by atoms with Gasteiger partial charge in [-0.3, -0.25) is 0 Å². The standard InChI is InChI=1S/C17H20N4OS2/c1-9(16-10(2)23-12(4)19-16)21(5)17(22)20-13-6-7-14-15(8-13)24-11(3)18-14/h6-9H,1-5H3,(H,20,22)/t9-/m0/s1. The first-order valence-electron chi connectivity index (χ1n) is 7.70. The number of anilines is 1. The molecule has 5 nitrogen and oxygen atoms in total. The van der Waals surface area contributed by atoms with Crippen molar-refractivity contribution in [2.45, 2.75) is 33.7 Å². The molecule has 0 aliphatic heterocycles. The van der Waals surface area contributed by atoms with Crippen LogP contribution in [-0.2, 0) is 0 Å². The second kappa shape index (κ2) is 6.49. The van der Waals surface area contributed by atoms with Gasteiger partial charge >= 0.3 is 6.03 Å². The Morgan fingerprint density at radius 3 is 2.54 bits per heavy atom. The molecule has 0 aliphatic rings. The number of aryl methyl sites for hydroxylation is 3. The number of thiazole rings is 2. The molecular formula is C17H20N4OS2. The van der Waals surface area contributed by atoms with E-state index in [1.807, 2.05) is 45.9 Å². The summed E-state index contributed by atoms with van der Waals surface area (Å²) < 4.78 is 1.08. The van der Waals surface area contributed by atoms with E-state index in [0.29, 0.717) is 0 Å². The van der Waals surface area contributed by atoms with E-state index >= 15 is 0 Å². The zero-order valence-corrected chi connectivity index (χ0v) is 16.0. The van der Waals surface area contributed by atoms with Gasteiger partial charge in [-0.05, 0) is 45.9 Å². The van der Waals surface area contributed by atoms with Crippen LogP contribution in [0.25, 0.3) is 10.2 Å². The number of aromatic nitrogens is 2. The predicted molar refractivity (Wildman–Crippen MR) is 101 cm³/mol. The lowest BCUT2D eigenvalue weighted by Crippen LogP contribution is -2.34. The van der Waals surface area contributed by atoms with E-state index in [9.17, 15) is 4.79 Å². The molecule has 1 aromatic carbocycles. The number of nitrogens with one attached hydrogen (secondary N) is 1. The fourth-order valence-electron chi connectivity index (χ4n) is 2.62. The number of urea groups is 1. The molecule has 0 fully saturated rings. The summed E-state index contributed by atoms with van der Waals surface area (Å²) in [6.45, 7) is 8.01. The van der Waals surface area contributed by atoms with Crippen LogP contribution in [0.3, 0.4) is 0 Å². The van der Waals surface area contributed by atoms with Gasteiger partial charge in [-0.25, -0.2) is 14.8 Å². The first-order valence-corrected chi connectivity index (χ1v) is 9.33. The van der Waals surface area contributed by atoms with E-state index in [1.165, 1.54) is 0 Å². The minimum Gasteiger partial charge on any atom is -0.319 e. The van der Waals surface area contributed by atoms with Gasteiger partial charge in [0, 0.05) is 17.6 Å². The first-order chi connectivity index (χ1) is 11.3. The highest BCUT2D eigenvalue weighted by atomic mass is 32.1. The smallest absolute Gasteiger partial charge is 0.319 e. The highest BCUT2D eigenvalue weighted by Crippen LogP contribution is 2.28. The molecule has 1 atom stereocenters. The molecule has 1 N–H and O–H groups in total. The second-order valence-electron chi connectivity index (χ2n) is 5.81. The molecule has 0 bridgehead atoms. The van der Waals surface area contributed by atoms with Crippen molar-refractivity contribution >= 4 is 44.6 Å². The number of benzene rings is 1. The summed E-state index contributed by atoms with van der Waals surface area (Å²) in [4.78, 5) is 24.4. The molecule has 2 heterocycles. The Kier molecular flexibility index (Phi) is 4.56. The molecule has 24 heavy (non-hydrogen) atoms. The number of fused-ring (bicyclic) bond motifs is 1. The van der Waals surface area contributed by atoms with Gasteiger partial charge in [-0.15, -0.1) is 22.7 Å². The van der Waals surface area contributed by atoms with E-state index in [-0.39, 0.29) is 12.1 Å². The van der Waals surface area contributed by atoms with Crippen molar-refractivity contribution in [2.75, 3.05) is 12.4 Å². The summed E-state index contributed by atoms with van der Waals surface area (Å²) in [5.41, 5.74) is 2.70. The Balaban J connectivity index is 1.76. The van der Waals surface area contributed by atoms with Gasteiger partial charge in [0.1, 0.15) is 0 Å². The van der Waals surface area contributed by atoms with Crippen molar-refractivity contribution in [1.29, 1.82) is 0 Å². The van der Waals surface area contributed by atoms with Crippen molar-refractivity contribution in [3.63, 3.8) is 0 Å². The number of rotatable bonds is 3. The summed E-state index contributed by atoms with van der Waals surface area (Å²) in [6.07, 6.45) is 0. The monoisotopic (exact) mass is 360 g/mol. The molecule has 0 saturated heterocycles. The Morgan fingerprint density at radius 2 is 1.88 bits per heavy atom. The van der Waals surface area contributed by atoms with Crippen LogP contribution in [0.5, 0.6) is 0 Å². The third-order valence-electron chi connectivity index (χ3n) is 3.98. The van der Waals surface area contributed by atoms with Gasteiger partial charge < -0.3 is 10.2 Å². The molecule has 3 rings (SSSR count). The molecular weight excluding hydrogens is 340 g/mol. The fourth-order valence-corrected chi connectivity index (χ4v) is 4.40. The average Bonchev–Trinajstić information content (AvgIpc) is 3.06. The van der Waals surface area contributed by atoms with Gasteiger partial charge in [0.2, 0.25) is 0 Å². The van der Waals surface area contributed by atoms with Gasteiger partial charge in [0.05, 0.1) is 32.0 Å². The largest absolute Gasteiger partial charge is 0.322 e. The zero-order valence-electron chi connectivity index (χ0n) is 14.4. The van der Waals surface area contributed by atoms with Crippen LogP contribution in [-0.4, -0.2) is 27.9 Å². The summed E-state index contributed by atoms with van der Waals surface area (Å²) in [6, 6.07) is 5.56. The van der Waals surface area contributed by atoms with Gasteiger partial charge in [-0.2, -0.15) is 0 Å². The third-order valence-corrected chi connectivity index (χ3v) is 5.82. The third kappa shape index (κ3) is 3.27. The Labute approximate surface area is 149 Å². The highest BCUT2D eigenvalue weighted by molar-refractivity contribution is 7.18. The number of hydrogen-bond acceptors (Lipinski definition) is 5. The molecule has 0 unspecified atom stereocenters. The van der Waals surface area contributed by atoms with E-state index in [1.54, 1.807) is 34.6 Å². The second-order valence-corrected chi connectivity index (χ2v) is 8.45. The van der Waals surface area contributed by atoms with Crippen molar-refractivity contribution in [2.24, 2.45) is 0 Å². The summed E-state index contributed by atoms with van der Waals surface area (Å²) in [5, 5.41) is 5.01. The SMILES string of the molecule is Cc1nc([C@H](C)N(C)C(=O)Nc2ccc3nc(C)sc3c2)c(C)s1. The van der Waals surface area contributed by atoms with Gasteiger partial charge in [-0.1, -0.05) is 0 Å². The molecule has 2 aromatic heterocycles. The fraction of sp³-hybridized carbons (Fsp3) is 0.353. The summed E-state index contributed by atoms with van der Waals surface area (Å²) in [5.74, 6) is 0. The number of amides is 2. The molecule has 7 heteroatoms.